The van der Waals surface area contributed by atoms with Crippen LogP contribution in [-0.4, -0.2) is 17.0 Å². The van der Waals surface area contributed by atoms with Gasteiger partial charge in [0.25, 0.3) is 5.56 Å². The Kier molecular flexibility index (Phi) is 4.95. The number of H-pyrrole nitrogens is 1. The van der Waals surface area contributed by atoms with E-state index in [0.717, 1.165) is 27.6 Å². The zero-order valence-corrected chi connectivity index (χ0v) is 17.3. The molecule has 1 atom stereocenters. The van der Waals surface area contributed by atoms with Crippen molar-refractivity contribution in [2.24, 2.45) is 0 Å². The number of aromatic amines is 1. The van der Waals surface area contributed by atoms with Crippen molar-refractivity contribution in [2.75, 3.05) is 7.05 Å². The Morgan fingerprint density at radius 2 is 1.85 bits per heavy atom. The van der Waals surface area contributed by atoms with Gasteiger partial charge in [-0.25, -0.2) is 4.98 Å². The molecule has 4 rings (SSSR count). The molecule has 0 saturated heterocycles. The van der Waals surface area contributed by atoms with Crippen LogP contribution in [0.1, 0.15) is 21.8 Å². The Bertz CT molecular complexity index is 1140. The Morgan fingerprint density at radius 3 is 2.56 bits per heavy atom. The molecule has 0 aliphatic heterocycles. The van der Waals surface area contributed by atoms with Crippen molar-refractivity contribution in [1.29, 1.82) is 0 Å². The van der Waals surface area contributed by atoms with E-state index in [9.17, 15) is 4.79 Å². The van der Waals surface area contributed by atoms with Gasteiger partial charge in [-0.1, -0.05) is 29.8 Å². The summed E-state index contributed by atoms with van der Waals surface area (Å²) >= 11 is 3.25. The lowest BCUT2D eigenvalue weighted by Crippen LogP contribution is -3.06. The van der Waals surface area contributed by atoms with Crippen LogP contribution in [0.5, 0.6) is 0 Å². The van der Waals surface area contributed by atoms with Gasteiger partial charge >= 0.3 is 0 Å². The number of hydrogen-bond donors (Lipinski definition) is 2. The Morgan fingerprint density at radius 1 is 1.07 bits per heavy atom. The second-order valence-corrected chi connectivity index (χ2v) is 9.19. The average molecular weight is 397 g/mol. The van der Waals surface area contributed by atoms with Gasteiger partial charge in [-0.05, 0) is 26.0 Å². The molecule has 0 bridgehead atoms. The number of benzene rings is 1. The van der Waals surface area contributed by atoms with E-state index >= 15 is 0 Å². The van der Waals surface area contributed by atoms with E-state index in [1.807, 2.05) is 5.38 Å². The van der Waals surface area contributed by atoms with E-state index in [1.165, 1.54) is 20.9 Å². The zero-order valence-electron chi connectivity index (χ0n) is 15.6. The Labute approximate surface area is 166 Å². The molecule has 4 aromatic rings. The largest absolute Gasteiger partial charge is 0.327 e. The van der Waals surface area contributed by atoms with Gasteiger partial charge in [-0.15, -0.1) is 22.7 Å². The highest BCUT2D eigenvalue weighted by Crippen LogP contribution is 2.34. The van der Waals surface area contributed by atoms with Crippen molar-refractivity contribution in [2.45, 2.75) is 26.9 Å². The van der Waals surface area contributed by atoms with Crippen LogP contribution in [0.25, 0.3) is 20.7 Å². The third-order valence-electron chi connectivity index (χ3n) is 4.59. The molecule has 0 amide bonds. The average Bonchev–Trinajstić information content (AvgIpc) is 3.23. The molecule has 138 valence electrons. The highest BCUT2D eigenvalue weighted by Gasteiger charge is 2.15. The van der Waals surface area contributed by atoms with E-state index in [1.54, 1.807) is 22.7 Å². The lowest BCUT2D eigenvalue weighted by molar-refractivity contribution is -0.908. The van der Waals surface area contributed by atoms with Crippen LogP contribution in [0.15, 0.2) is 46.6 Å². The fourth-order valence-corrected chi connectivity index (χ4v) is 5.16. The summed E-state index contributed by atoms with van der Waals surface area (Å²) in [7, 11) is 2.12. The van der Waals surface area contributed by atoms with E-state index in [2.05, 4.69) is 62.3 Å². The summed E-state index contributed by atoms with van der Waals surface area (Å²) in [6.45, 7) is 5.75. The van der Waals surface area contributed by atoms with Gasteiger partial charge in [0.1, 0.15) is 17.9 Å². The molecule has 0 aliphatic carbocycles. The van der Waals surface area contributed by atoms with Crippen LogP contribution in [-0.2, 0) is 13.1 Å². The van der Waals surface area contributed by atoms with Gasteiger partial charge < -0.3 is 9.88 Å². The third-order valence-corrected chi connectivity index (χ3v) is 6.50. The minimum Gasteiger partial charge on any atom is -0.327 e. The predicted molar refractivity (Wildman–Crippen MR) is 114 cm³/mol. The van der Waals surface area contributed by atoms with Gasteiger partial charge in [-0.2, -0.15) is 0 Å². The Balaban J connectivity index is 1.58. The SMILES string of the molecule is Cc1ccc(C[NH+](C)Cc2nc3scc(-c4ccc(C)s4)c3c(=O)[nH]2)cc1. The first-order valence-corrected chi connectivity index (χ1v) is 10.6. The first kappa shape index (κ1) is 18.1. The number of hydrogen-bond acceptors (Lipinski definition) is 4. The quantitative estimate of drug-likeness (QED) is 0.542. The minimum absolute atomic E-state index is 0.0413. The predicted octanol–water partition coefficient (Wildman–Crippen LogP) is 3.54. The molecule has 0 aliphatic rings. The minimum atomic E-state index is -0.0413. The standard InChI is InChI=1S/C21H21N3OS2/c1-13-4-7-15(8-5-13)10-24(3)11-18-22-20(25)19-16(12-26-21(19)23-18)17-9-6-14(2)27-17/h4-9,12H,10-11H2,1-3H3,(H,22,23,25)/p+1. The summed E-state index contributed by atoms with van der Waals surface area (Å²) in [5.41, 5.74) is 3.50. The molecule has 0 saturated carbocycles. The molecule has 3 aromatic heterocycles. The van der Waals surface area contributed by atoms with E-state index in [-0.39, 0.29) is 5.56 Å². The smallest absolute Gasteiger partial charge is 0.260 e. The summed E-state index contributed by atoms with van der Waals surface area (Å²) in [6, 6.07) is 12.7. The third kappa shape index (κ3) is 3.88. The van der Waals surface area contributed by atoms with Crippen molar-refractivity contribution < 1.29 is 4.90 Å². The normalized spacial score (nSPS) is 12.6. The fraction of sp³-hybridized carbons (Fsp3) is 0.238. The van der Waals surface area contributed by atoms with E-state index in [0.29, 0.717) is 11.9 Å². The molecule has 6 heteroatoms. The molecule has 0 radical (unpaired) electrons. The van der Waals surface area contributed by atoms with Crippen LogP contribution >= 0.6 is 22.7 Å². The maximum Gasteiger partial charge on any atom is 0.260 e. The molecular weight excluding hydrogens is 374 g/mol. The number of aryl methyl sites for hydroxylation is 2. The van der Waals surface area contributed by atoms with Gasteiger partial charge in [0.15, 0.2) is 5.82 Å². The molecule has 1 aromatic carbocycles. The van der Waals surface area contributed by atoms with Crippen molar-refractivity contribution in [1.82, 2.24) is 9.97 Å². The summed E-state index contributed by atoms with van der Waals surface area (Å²) in [6.07, 6.45) is 0. The number of aromatic nitrogens is 2. The molecule has 2 N–H and O–H groups in total. The number of thiophene rings is 2. The Hall–Kier alpha value is -2.28. The second kappa shape index (κ2) is 7.38. The molecular formula is C21H22N3OS2+. The van der Waals surface area contributed by atoms with Crippen molar-refractivity contribution >= 4 is 32.9 Å². The molecule has 1 unspecified atom stereocenters. The van der Waals surface area contributed by atoms with E-state index in [4.69, 9.17) is 4.98 Å². The van der Waals surface area contributed by atoms with Crippen LogP contribution < -0.4 is 10.5 Å². The number of fused-ring (bicyclic) bond motifs is 1. The lowest BCUT2D eigenvalue weighted by Gasteiger charge is -2.13. The first-order valence-electron chi connectivity index (χ1n) is 8.93. The molecule has 0 fully saturated rings. The van der Waals surface area contributed by atoms with Crippen LogP contribution in [0.4, 0.5) is 0 Å². The maximum absolute atomic E-state index is 12.7. The fourth-order valence-electron chi connectivity index (χ4n) is 3.24. The van der Waals surface area contributed by atoms with Gasteiger partial charge in [-0.3, -0.25) is 4.79 Å². The molecule has 3 heterocycles. The van der Waals surface area contributed by atoms with Gasteiger partial charge in [0, 0.05) is 26.3 Å². The van der Waals surface area contributed by atoms with Crippen molar-refractivity contribution in [3.63, 3.8) is 0 Å². The van der Waals surface area contributed by atoms with Gasteiger partial charge in [0.05, 0.1) is 12.4 Å². The first-order chi connectivity index (χ1) is 13.0. The van der Waals surface area contributed by atoms with Crippen molar-refractivity contribution in [3.8, 4) is 10.4 Å². The summed E-state index contributed by atoms with van der Waals surface area (Å²) in [5.74, 6) is 0.743. The molecule has 4 nitrogen and oxygen atoms in total. The maximum atomic E-state index is 12.7. The number of rotatable bonds is 5. The zero-order chi connectivity index (χ0) is 19.0. The molecule has 27 heavy (non-hydrogen) atoms. The second-order valence-electron chi connectivity index (χ2n) is 7.05. The lowest BCUT2D eigenvalue weighted by atomic mass is 10.1. The topological polar surface area (TPSA) is 50.2 Å². The summed E-state index contributed by atoms with van der Waals surface area (Å²) < 4.78 is 0. The van der Waals surface area contributed by atoms with Gasteiger partial charge in [0.2, 0.25) is 0 Å². The van der Waals surface area contributed by atoms with Crippen LogP contribution in [0.3, 0.4) is 0 Å². The van der Waals surface area contributed by atoms with Crippen molar-refractivity contribution in [3.05, 3.63) is 74.0 Å². The summed E-state index contributed by atoms with van der Waals surface area (Å²) in [4.78, 5) is 24.9. The molecule has 0 spiro atoms. The highest BCUT2D eigenvalue weighted by atomic mass is 32.1. The number of nitrogens with one attached hydrogen (secondary N) is 2. The monoisotopic (exact) mass is 396 g/mol. The van der Waals surface area contributed by atoms with Crippen LogP contribution in [0.2, 0.25) is 0 Å². The number of quaternary nitrogens is 1. The number of nitrogens with zero attached hydrogens (tertiary/aromatic N) is 1. The highest BCUT2D eigenvalue weighted by molar-refractivity contribution is 7.19. The van der Waals surface area contributed by atoms with E-state index < -0.39 is 0 Å². The summed E-state index contributed by atoms with van der Waals surface area (Å²) in [5, 5.41) is 2.76. The van der Waals surface area contributed by atoms with Crippen LogP contribution in [0, 0.1) is 13.8 Å².